The van der Waals surface area contributed by atoms with Crippen molar-refractivity contribution in [3.8, 4) is 0 Å². The number of guanidine groups is 1. The summed E-state index contributed by atoms with van der Waals surface area (Å²) < 4.78 is 42.9. The minimum atomic E-state index is -4.16. The van der Waals surface area contributed by atoms with E-state index in [9.17, 15) is 13.2 Å². The van der Waals surface area contributed by atoms with Crippen LogP contribution in [0.25, 0.3) is 0 Å². The van der Waals surface area contributed by atoms with E-state index < -0.39 is 12.7 Å². The molecule has 2 atom stereocenters. The lowest BCUT2D eigenvalue weighted by Crippen LogP contribution is -2.47. The molecule has 1 aromatic heterocycles. The quantitative estimate of drug-likeness (QED) is 0.365. The van der Waals surface area contributed by atoms with Crippen molar-refractivity contribution in [2.45, 2.75) is 24.7 Å². The Labute approximate surface area is 169 Å². The lowest BCUT2D eigenvalue weighted by atomic mass is 10.2. The minimum Gasteiger partial charge on any atom is -0.468 e. The highest BCUT2D eigenvalue weighted by Crippen LogP contribution is 2.20. The van der Waals surface area contributed by atoms with Gasteiger partial charge in [0.15, 0.2) is 5.96 Å². The maximum absolute atomic E-state index is 12.5. The van der Waals surface area contributed by atoms with Crippen LogP contribution >= 0.6 is 24.0 Å². The van der Waals surface area contributed by atoms with Gasteiger partial charge in [0.2, 0.25) is 0 Å². The molecule has 0 aliphatic carbocycles. The highest BCUT2D eigenvalue weighted by atomic mass is 127. The van der Waals surface area contributed by atoms with Crippen LogP contribution in [-0.4, -0.2) is 75.3 Å². The zero-order chi connectivity index (χ0) is 18.4. The third kappa shape index (κ3) is 7.31. The van der Waals surface area contributed by atoms with Gasteiger partial charge in [-0.25, -0.2) is 0 Å². The zero-order valence-corrected chi connectivity index (χ0v) is 17.5. The molecule has 10 heteroatoms. The van der Waals surface area contributed by atoms with Crippen molar-refractivity contribution in [2.24, 2.45) is 4.99 Å². The predicted octanol–water partition coefficient (Wildman–Crippen LogP) is 2.30. The van der Waals surface area contributed by atoms with Crippen molar-refractivity contribution in [1.29, 1.82) is 0 Å². The van der Waals surface area contributed by atoms with Crippen molar-refractivity contribution < 1.29 is 17.6 Å². The third-order valence-corrected chi connectivity index (χ3v) is 4.20. The lowest BCUT2D eigenvalue weighted by molar-refractivity contribution is -0.143. The maximum Gasteiger partial charge on any atom is 0.401 e. The highest BCUT2D eigenvalue weighted by molar-refractivity contribution is 14.0. The molecule has 1 fully saturated rings. The van der Waals surface area contributed by atoms with Crippen LogP contribution in [0, 0.1) is 0 Å². The van der Waals surface area contributed by atoms with Gasteiger partial charge < -0.3 is 15.1 Å². The molecule has 1 aromatic rings. The van der Waals surface area contributed by atoms with Crippen LogP contribution in [0.5, 0.6) is 0 Å². The summed E-state index contributed by atoms with van der Waals surface area (Å²) in [5.74, 6) is 1.42. The molecule has 1 aliphatic heterocycles. The van der Waals surface area contributed by atoms with E-state index in [2.05, 4.69) is 15.6 Å². The number of hydrogen-bond donors (Lipinski definition) is 2. The number of likely N-dealkylation sites (N-methyl/N-ethyl adjacent to an activating group) is 1. The van der Waals surface area contributed by atoms with E-state index in [1.165, 1.54) is 4.90 Å². The molecule has 2 heterocycles. The fourth-order valence-corrected chi connectivity index (χ4v) is 2.95. The number of likely N-dealkylation sites (tertiary alicyclic amines) is 1. The lowest BCUT2D eigenvalue weighted by Gasteiger charge is -2.25. The average Bonchev–Trinajstić information content (AvgIpc) is 3.16. The molecule has 0 amide bonds. The van der Waals surface area contributed by atoms with Gasteiger partial charge >= 0.3 is 6.18 Å². The summed E-state index contributed by atoms with van der Waals surface area (Å²) in [6.07, 6.45) is -1.87. The second-order valence-corrected chi connectivity index (χ2v) is 6.43. The van der Waals surface area contributed by atoms with Crippen molar-refractivity contribution in [3.05, 3.63) is 24.2 Å². The van der Waals surface area contributed by atoms with Crippen LogP contribution in [0.2, 0.25) is 0 Å². The smallest absolute Gasteiger partial charge is 0.401 e. The fraction of sp³-hybridized carbons (Fsp3) is 0.688. The largest absolute Gasteiger partial charge is 0.468 e. The Morgan fingerprint density at radius 3 is 2.73 bits per heavy atom. The average molecular weight is 489 g/mol. The minimum absolute atomic E-state index is 0. The molecule has 2 rings (SSSR count). The Kier molecular flexibility index (Phi) is 9.17. The van der Waals surface area contributed by atoms with Gasteiger partial charge in [0, 0.05) is 32.7 Å². The zero-order valence-electron chi connectivity index (χ0n) is 15.2. The number of alkyl halides is 3. The van der Waals surface area contributed by atoms with E-state index in [-0.39, 0.29) is 36.1 Å². The summed E-state index contributed by atoms with van der Waals surface area (Å²) in [4.78, 5) is 7.61. The maximum atomic E-state index is 12.5. The van der Waals surface area contributed by atoms with Crippen molar-refractivity contribution in [3.63, 3.8) is 0 Å². The van der Waals surface area contributed by atoms with Crippen LogP contribution < -0.4 is 10.6 Å². The number of nitrogens with one attached hydrogen (secondary N) is 2. The molecule has 150 valence electrons. The number of aliphatic imine (C=N–C) groups is 1. The van der Waals surface area contributed by atoms with E-state index >= 15 is 0 Å². The molecule has 1 saturated heterocycles. The number of furan rings is 1. The Morgan fingerprint density at radius 2 is 2.19 bits per heavy atom. The summed E-state index contributed by atoms with van der Waals surface area (Å²) in [6, 6.07) is 3.73. The Hall–Kier alpha value is -1.01. The summed E-state index contributed by atoms with van der Waals surface area (Å²) in [6.45, 7) is 0.494. The first kappa shape index (κ1) is 23.0. The molecule has 26 heavy (non-hydrogen) atoms. The van der Waals surface area contributed by atoms with Crippen LogP contribution in [0.1, 0.15) is 18.2 Å². The van der Waals surface area contributed by atoms with Crippen LogP contribution in [0.4, 0.5) is 13.2 Å². The summed E-state index contributed by atoms with van der Waals surface area (Å²) in [5.41, 5.74) is 0. The molecular weight excluding hydrogens is 462 g/mol. The molecule has 0 saturated carbocycles. The van der Waals surface area contributed by atoms with E-state index in [0.29, 0.717) is 32.0 Å². The fourth-order valence-electron chi connectivity index (χ4n) is 2.95. The highest BCUT2D eigenvalue weighted by Gasteiger charge is 2.34. The topological polar surface area (TPSA) is 56.0 Å². The van der Waals surface area contributed by atoms with Crippen LogP contribution in [0.3, 0.4) is 0 Å². The number of rotatable bonds is 6. The SMILES string of the molecule is CN=C(NCC(c1ccco1)N(C)C)NC1CCN(CC(F)(F)F)C1.I. The van der Waals surface area contributed by atoms with Crippen LogP contribution in [-0.2, 0) is 0 Å². The molecule has 2 N–H and O–H groups in total. The Bertz CT molecular complexity index is 551. The summed E-state index contributed by atoms with van der Waals surface area (Å²) in [7, 11) is 5.56. The van der Waals surface area contributed by atoms with Crippen LogP contribution in [0.15, 0.2) is 27.8 Å². The van der Waals surface area contributed by atoms with E-state index in [1.807, 2.05) is 31.1 Å². The first-order valence-electron chi connectivity index (χ1n) is 8.24. The standard InChI is InChI=1S/C16H26F3N5O.HI/c1-20-15(21-9-13(23(2)3)14-5-4-8-25-14)22-12-6-7-24(10-12)11-16(17,18)19;/h4-5,8,12-13H,6-7,9-11H2,1-3H3,(H2,20,21,22);1H. The molecule has 0 aromatic carbocycles. The van der Waals surface area contributed by atoms with Crippen molar-refractivity contribution >= 4 is 29.9 Å². The summed E-state index contributed by atoms with van der Waals surface area (Å²) in [5, 5.41) is 6.43. The van der Waals surface area contributed by atoms with E-state index in [4.69, 9.17) is 4.42 Å². The second kappa shape index (κ2) is 10.4. The van der Waals surface area contributed by atoms with Gasteiger partial charge in [0.25, 0.3) is 0 Å². The van der Waals surface area contributed by atoms with Gasteiger partial charge in [-0.05, 0) is 32.6 Å². The molecule has 0 radical (unpaired) electrons. The molecule has 0 bridgehead atoms. The first-order valence-corrected chi connectivity index (χ1v) is 8.24. The predicted molar refractivity (Wildman–Crippen MR) is 106 cm³/mol. The molecular formula is C16H27F3IN5O. The van der Waals surface area contributed by atoms with E-state index in [1.54, 1.807) is 13.3 Å². The number of halogens is 4. The van der Waals surface area contributed by atoms with Gasteiger partial charge in [-0.3, -0.25) is 14.8 Å². The normalized spacial score (nSPS) is 20.1. The van der Waals surface area contributed by atoms with E-state index in [0.717, 1.165) is 5.76 Å². The molecule has 2 unspecified atom stereocenters. The monoisotopic (exact) mass is 489 g/mol. The van der Waals surface area contributed by atoms with Gasteiger partial charge in [0.05, 0.1) is 18.8 Å². The number of hydrogen-bond acceptors (Lipinski definition) is 4. The molecule has 0 spiro atoms. The van der Waals surface area contributed by atoms with Crippen molar-refractivity contribution in [1.82, 2.24) is 20.4 Å². The second-order valence-electron chi connectivity index (χ2n) is 6.43. The van der Waals surface area contributed by atoms with Gasteiger partial charge in [-0.1, -0.05) is 0 Å². The van der Waals surface area contributed by atoms with Gasteiger partial charge in [-0.2, -0.15) is 13.2 Å². The first-order chi connectivity index (χ1) is 11.8. The molecule has 1 aliphatic rings. The van der Waals surface area contributed by atoms with Crippen molar-refractivity contribution in [2.75, 3.05) is 47.3 Å². The Balaban J connectivity index is 0.00000338. The van der Waals surface area contributed by atoms with Gasteiger partial charge in [-0.15, -0.1) is 24.0 Å². The summed E-state index contributed by atoms with van der Waals surface area (Å²) >= 11 is 0. The number of nitrogens with zero attached hydrogens (tertiary/aromatic N) is 3. The van der Waals surface area contributed by atoms with Gasteiger partial charge in [0.1, 0.15) is 5.76 Å². The molecule has 6 nitrogen and oxygen atoms in total. The third-order valence-electron chi connectivity index (χ3n) is 4.20. The Morgan fingerprint density at radius 1 is 1.46 bits per heavy atom.